The van der Waals surface area contributed by atoms with E-state index in [-0.39, 0.29) is 12.2 Å². The maximum atomic E-state index is 13.3. The normalized spacial score (nSPS) is 11.5. The number of urea groups is 1. The van der Waals surface area contributed by atoms with E-state index >= 15 is 0 Å². The van der Waals surface area contributed by atoms with Gasteiger partial charge in [0.25, 0.3) is 0 Å². The topological polar surface area (TPSA) is 122 Å². The van der Waals surface area contributed by atoms with Gasteiger partial charge in [-0.15, -0.1) is 0 Å². The molecule has 0 radical (unpaired) electrons. The van der Waals surface area contributed by atoms with Crippen LogP contribution in [-0.4, -0.2) is 28.6 Å². The van der Waals surface area contributed by atoms with Gasteiger partial charge in [-0.1, -0.05) is 6.92 Å². The Hall–Kier alpha value is -2.71. The molecule has 1 aromatic rings. The zero-order chi connectivity index (χ0) is 16.0. The maximum absolute atomic E-state index is 13.3. The van der Waals surface area contributed by atoms with Gasteiger partial charge in [-0.25, -0.2) is 4.79 Å². The first kappa shape index (κ1) is 16.3. The summed E-state index contributed by atoms with van der Waals surface area (Å²) in [5, 5.41) is 23.8. The lowest BCUT2D eigenvalue weighted by Crippen LogP contribution is -2.35. The quantitative estimate of drug-likeness (QED) is 0.547. The van der Waals surface area contributed by atoms with Crippen LogP contribution in [0.1, 0.15) is 13.3 Å². The van der Waals surface area contributed by atoms with E-state index in [0.717, 1.165) is 12.1 Å². The van der Waals surface area contributed by atoms with Crippen LogP contribution in [0, 0.1) is 21.8 Å². The largest absolute Gasteiger partial charge is 0.481 e. The number of benzene rings is 1. The molecule has 1 atom stereocenters. The number of carboxylic acid groups (broad SMARTS) is 1. The summed E-state index contributed by atoms with van der Waals surface area (Å²) in [6.45, 7) is 1.59. The molecule has 1 rings (SSSR count). The van der Waals surface area contributed by atoms with E-state index < -0.39 is 34.3 Å². The van der Waals surface area contributed by atoms with Crippen LogP contribution < -0.4 is 10.6 Å². The fourth-order valence-electron chi connectivity index (χ4n) is 1.53. The Balaban J connectivity index is 2.61. The van der Waals surface area contributed by atoms with Crippen LogP contribution in [0.3, 0.4) is 0 Å². The van der Waals surface area contributed by atoms with Crippen molar-refractivity contribution in [1.82, 2.24) is 5.32 Å². The predicted molar refractivity (Wildman–Crippen MR) is 71.5 cm³/mol. The highest BCUT2D eigenvalue weighted by Gasteiger charge is 2.17. The summed E-state index contributed by atoms with van der Waals surface area (Å²) in [4.78, 5) is 31.8. The highest BCUT2D eigenvalue weighted by molar-refractivity contribution is 5.89. The van der Waals surface area contributed by atoms with Crippen molar-refractivity contribution in [3.05, 3.63) is 34.1 Å². The van der Waals surface area contributed by atoms with Gasteiger partial charge < -0.3 is 15.7 Å². The Bertz CT molecular complexity index is 564. The number of nitrogens with one attached hydrogen (secondary N) is 2. The van der Waals surface area contributed by atoms with Gasteiger partial charge in [-0.3, -0.25) is 14.9 Å². The van der Waals surface area contributed by atoms with E-state index in [4.69, 9.17) is 5.11 Å². The fourth-order valence-corrected chi connectivity index (χ4v) is 1.53. The number of nitrogens with zero attached hydrogens (tertiary/aromatic N) is 1. The molecule has 1 aromatic carbocycles. The number of rotatable bonds is 6. The smallest absolute Gasteiger partial charge is 0.319 e. The van der Waals surface area contributed by atoms with Crippen molar-refractivity contribution < 1.29 is 24.0 Å². The highest BCUT2D eigenvalue weighted by atomic mass is 19.1. The molecule has 0 bridgehead atoms. The molecule has 0 fully saturated rings. The third kappa shape index (κ3) is 4.71. The van der Waals surface area contributed by atoms with E-state index in [1.54, 1.807) is 6.92 Å². The molecule has 1 unspecified atom stereocenters. The molecule has 114 valence electrons. The van der Waals surface area contributed by atoms with Crippen molar-refractivity contribution >= 4 is 23.4 Å². The standard InChI is InChI=1S/C12H14FN3O5/c1-2-7(11(17)18)6-14-12(19)15-8-3-4-10(16(20)21)9(13)5-8/h3-5,7H,2,6H2,1H3,(H,17,18)(H2,14,15,19). The molecule has 0 aliphatic rings. The van der Waals surface area contributed by atoms with Gasteiger partial charge in [0, 0.05) is 24.4 Å². The Labute approximate surface area is 119 Å². The second kappa shape index (κ2) is 7.17. The van der Waals surface area contributed by atoms with Gasteiger partial charge in [0.05, 0.1) is 10.8 Å². The highest BCUT2D eigenvalue weighted by Crippen LogP contribution is 2.20. The molecule has 21 heavy (non-hydrogen) atoms. The number of anilines is 1. The van der Waals surface area contributed by atoms with Crippen molar-refractivity contribution in [3.63, 3.8) is 0 Å². The number of hydrogen-bond acceptors (Lipinski definition) is 4. The van der Waals surface area contributed by atoms with Gasteiger partial charge >= 0.3 is 17.7 Å². The summed E-state index contributed by atoms with van der Waals surface area (Å²) in [6.07, 6.45) is 0.349. The molecule has 0 aliphatic heterocycles. The molecule has 0 saturated heterocycles. The summed E-state index contributed by atoms with van der Waals surface area (Å²) in [5.74, 6) is -2.82. The lowest BCUT2D eigenvalue weighted by Gasteiger charge is -2.12. The molecule has 0 aliphatic carbocycles. The van der Waals surface area contributed by atoms with Crippen molar-refractivity contribution in [3.8, 4) is 0 Å². The van der Waals surface area contributed by atoms with Gasteiger partial charge in [0.15, 0.2) is 0 Å². The molecule has 0 aromatic heterocycles. The first-order chi connectivity index (χ1) is 9.85. The SMILES string of the molecule is CCC(CNC(=O)Nc1ccc([N+](=O)[O-])c(F)c1)C(=O)O. The Kier molecular flexibility index (Phi) is 5.58. The van der Waals surface area contributed by atoms with Gasteiger partial charge in [-0.05, 0) is 12.5 Å². The molecule has 2 amide bonds. The van der Waals surface area contributed by atoms with Crippen LogP contribution in [0.2, 0.25) is 0 Å². The van der Waals surface area contributed by atoms with E-state index in [1.807, 2.05) is 0 Å². The Morgan fingerprint density at radius 1 is 1.48 bits per heavy atom. The van der Waals surface area contributed by atoms with Crippen molar-refractivity contribution in [2.45, 2.75) is 13.3 Å². The number of carbonyl (C=O) groups excluding carboxylic acids is 1. The van der Waals surface area contributed by atoms with E-state index in [2.05, 4.69) is 10.6 Å². The number of nitro benzene ring substituents is 1. The number of aliphatic carboxylic acids is 1. The molecular formula is C12H14FN3O5. The molecular weight excluding hydrogens is 285 g/mol. The van der Waals surface area contributed by atoms with Gasteiger partial charge in [0.1, 0.15) is 0 Å². The zero-order valence-electron chi connectivity index (χ0n) is 11.1. The maximum Gasteiger partial charge on any atom is 0.319 e. The zero-order valence-corrected chi connectivity index (χ0v) is 11.1. The molecule has 9 heteroatoms. The van der Waals surface area contributed by atoms with Crippen LogP contribution in [0.4, 0.5) is 20.6 Å². The van der Waals surface area contributed by atoms with Crippen LogP contribution in [0.15, 0.2) is 18.2 Å². The van der Waals surface area contributed by atoms with Crippen molar-refractivity contribution in [1.29, 1.82) is 0 Å². The summed E-state index contributed by atoms with van der Waals surface area (Å²) >= 11 is 0. The number of amides is 2. The second-order valence-corrected chi connectivity index (χ2v) is 4.20. The Morgan fingerprint density at radius 2 is 2.14 bits per heavy atom. The minimum absolute atomic E-state index is 0.0268. The van der Waals surface area contributed by atoms with E-state index in [0.29, 0.717) is 6.42 Å². The van der Waals surface area contributed by atoms with Gasteiger partial charge in [0.2, 0.25) is 5.82 Å². The minimum atomic E-state index is -1.07. The summed E-state index contributed by atoms with van der Waals surface area (Å²) < 4.78 is 13.3. The molecule has 0 spiro atoms. The number of hydrogen-bond donors (Lipinski definition) is 3. The Morgan fingerprint density at radius 3 is 2.62 bits per heavy atom. The number of nitro groups is 1. The summed E-state index contributed by atoms with van der Waals surface area (Å²) in [7, 11) is 0. The second-order valence-electron chi connectivity index (χ2n) is 4.20. The van der Waals surface area contributed by atoms with E-state index in [1.165, 1.54) is 6.07 Å². The summed E-state index contributed by atoms with van der Waals surface area (Å²) in [5.41, 5.74) is -0.670. The lowest BCUT2D eigenvalue weighted by molar-refractivity contribution is -0.387. The molecule has 0 heterocycles. The molecule has 3 N–H and O–H groups in total. The van der Waals surface area contributed by atoms with Crippen LogP contribution in [-0.2, 0) is 4.79 Å². The first-order valence-electron chi connectivity index (χ1n) is 6.06. The number of carbonyl (C=O) groups is 2. The third-order valence-electron chi connectivity index (χ3n) is 2.75. The molecule has 0 saturated carbocycles. The van der Waals surface area contributed by atoms with Gasteiger partial charge in [-0.2, -0.15) is 4.39 Å². The fraction of sp³-hybridized carbons (Fsp3) is 0.333. The van der Waals surface area contributed by atoms with Crippen LogP contribution in [0.25, 0.3) is 0 Å². The third-order valence-corrected chi connectivity index (χ3v) is 2.75. The van der Waals surface area contributed by atoms with Crippen molar-refractivity contribution in [2.24, 2.45) is 5.92 Å². The van der Waals surface area contributed by atoms with Crippen LogP contribution in [0.5, 0.6) is 0 Å². The average Bonchev–Trinajstić information content (AvgIpc) is 2.38. The number of carboxylic acids is 1. The monoisotopic (exact) mass is 299 g/mol. The average molecular weight is 299 g/mol. The predicted octanol–water partition coefficient (Wildman–Crippen LogP) is 1.97. The van der Waals surface area contributed by atoms with Crippen LogP contribution >= 0.6 is 0 Å². The first-order valence-corrected chi connectivity index (χ1v) is 6.06. The summed E-state index contributed by atoms with van der Waals surface area (Å²) in [6, 6.07) is 2.20. The molecule has 8 nitrogen and oxygen atoms in total. The van der Waals surface area contributed by atoms with E-state index in [9.17, 15) is 24.1 Å². The number of halogens is 1. The minimum Gasteiger partial charge on any atom is -0.481 e. The lowest BCUT2D eigenvalue weighted by atomic mass is 10.1. The van der Waals surface area contributed by atoms with Crippen molar-refractivity contribution in [2.75, 3.05) is 11.9 Å².